The largest absolute Gasteiger partial charge is 0.493 e. The lowest BCUT2D eigenvalue weighted by Gasteiger charge is -2.11. The molecule has 0 unspecified atom stereocenters. The van der Waals surface area contributed by atoms with Gasteiger partial charge >= 0.3 is 0 Å². The molecule has 106 valence electrons. The van der Waals surface area contributed by atoms with Crippen molar-refractivity contribution in [2.75, 3.05) is 14.2 Å². The summed E-state index contributed by atoms with van der Waals surface area (Å²) in [5.74, 6) is 2.10. The second kappa shape index (κ2) is 6.82. The maximum Gasteiger partial charge on any atom is 0.161 e. The zero-order chi connectivity index (χ0) is 14.4. The first-order valence-corrected chi connectivity index (χ1v) is 6.30. The van der Waals surface area contributed by atoms with E-state index >= 15 is 0 Å². The van der Waals surface area contributed by atoms with Crippen molar-refractivity contribution in [3.8, 4) is 17.2 Å². The number of hydrogen-bond donors (Lipinski definition) is 1. The molecule has 0 fully saturated rings. The normalized spacial score (nSPS) is 10.2. The van der Waals surface area contributed by atoms with Gasteiger partial charge in [-0.15, -0.1) is 0 Å². The number of aliphatic hydroxyl groups excluding tert-OH is 1. The summed E-state index contributed by atoms with van der Waals surface area (Å²) < 4.78 is 16.1. The lowest BCUT2D eigenvalue weighted by Crippen LogP contribution is -1.98. The van der Waals surface area contributed by atoms with Gasteiger partial charge < -0.3 is 19.3 Å². The Morgan fingerprint density at radius 3 is 2.40 bits per heavy atom. The smallest absolute Gasteiger partial charge is 0.161 e. The van der Waals surface area contributed by atoms with E-state index in [1.54, 1.807) is 14.2 Å². The van der Waals surface area contributed by atoms with Crippen molar-refractivity contribution in [1.29, 1.82) is 0 Å². The van der Waals surface area contributed by atoms with Gasteiger partial charge in [0.2, 0.25) is 0 Å². The molecule has 0 radical (unpaired) electrons. The summed E-state index contributed by atoms with van der Waals surface area (Å²) in [5.41, 5.74) is 1.81. The fourth-order valence-corrected chi connectivity index (χ4v) is 1.87. The van der Waals surface area contributed by atoms with Crippen LogP contribution in [-0.2, 0) is 13.2 Å². The van der Waals surface area contributed by atoms with Crippen LogP contribution in [0.2, 0.25) is 0 Å². The molecule has 0 saturated carbocycles. The summed E-state index contributed by atoms with van der Waals surface area (Å²) >= 11 is 0. The molecule has 0 aromatic heterocycles. The van der Waals surface area contributed by atoms with Crippen LogP contribution in [-0.4, -0.2) is 19.3 Å². The van der Waals surface area contributed by atoms with Gasteiger partial charge in [-0.3, -0.25) is 0 Å². The summed E-state index contributed by atoms with van der Waals surface area (Å²) in [4.78, 5) is 0. The highest BCUT2D eigenvalue weighted by Gasteiger charge is 2.05. The number of rotatable bonds is 6. The van der Waals surface area contributed by atoms with E-state index in [0.29, 0.717) is 18.1 Å². The van der Waals surface area contributed by atoms with Gasteiger partial charge in [0.25, 0.3) is 0 Å². The molecule has 0 aliphatic rings. The van der Waals surface area contributed by atoms with E-state index in [-0.39, 0.29) is 6.61 Å². The van der Waals surface area contributed by atoms with Gasteiger partial charge in [-0.05, 0) is 35.4 Å². The van der Waals surface area contributed by atoms with Gasteiger partial charge in [0.15, 0.2) is 11.5 Å². The van der Waals surface area contributed by atoms with Gasteiger partial charge in [-0.2, -0.15) is 0 Å². The Morgan fingerprint density at radius 2 is 1.70 bits per heavy atom. The van der Waals surface area contributed by atoms with Crippen LogP contribution < -0.4 is 14.2 Å². The minimum absolute atomic E-state index is 0.00750. The van der Waals surface area contributed by atoms with Crippen molar-refractivity contribution in [2.24, 2.45) is 0 Å². The van der Waals surface area contributed by atoms with E-state index < -0.39 is 0 Å². The van der Waals surface area contributed by atoms with Crippen molar-refractivity contribution in [2.45, 2.75) is 13.2 Å². The summed E-state index contributed by atoms with van der Waals surface area (Å²) in [6.45, 7) is 0.433. The van der Waals surface area contributed by atoms with Crippen LogP contribution in [0.15, 0.2) is 42.5 Å². The van der Waals surface area contributed by atoms with Crippen molar-refractivity contribution in [3.05, 3.63) is 53.6 Å². The van der Waals surface area contributed by atoms with Crippen LogP contribution in [0.5, 0.6) is 17.2 Å². The highest BCUT2D eigenvalue weighted by molar-refractivity contribution is 5.42. The lowest BCUT2D eigenvalue weighted by atomic mass is 10.2. The Bertz CT molecular complexity index is 566. The minimum Gasteiger partial charge on any atom is -0.493 e. The molecule has 20 heavy (non-hydrogen) atoms. The maximum absolute atomic E-state index is 9.09. The van der Waals surface area contributed by atoms with Crippen molar-refractivity contribution in [1.82, 2.24) is 0 Å². The van der Waals surface area contributed by atoms with E-state index in [1.807, 2.05) is 42.5 Å². The Morgan fingerprint density at radius 1 is 0.900 bits per heavy atom. The van der Waals surface area contributed by atoms with Gasteiger partial charge in [-0.1, -0.05) is 18.2 Å². The quantitative estimate of drug-likeness (QED) is 0.880. The average molecular weight is 274 g/mol. The van der Waals surface area contributed by atoms with Gasteiger partial charge in [-0.25, -0.2) is 0 Å². The fraction of sp³-hybridized carbons (Fsp3) is 0.250. The van der Waals surface area contributed by atoms with E-state index in [4.69, 9.17) is 19.3 Å². The number of aliphatic hydroxyl groups is 1. The van der Waals surface area contributed by atoms with Crippen LogP contribution in [0.25, 0.3) is 0 Å². The van der Waals surface area contributed by atoms with Gasteiger partial charge in [0.05, 0.1) is 20.8 Å². The Labute approximate surface area is 118 Å². The second-order valence-corrected chi connectivity index (χ2v) is 4.28. The molecule has 0 aliphatic carbocycles. The molecular formula is C16H18O4. The van der Waals surface area contributed by atoms with E-state index in [1.165, 1.54) is 0 Å². The van der Waals surface area contributed by atoms with Crippen LogP contribution in [0.1, 0.15) is 11.1 Å². The zero-order valence-electron chi connectivity index (χ0n) is 11.6. The highest BCUT2D eigenvalue weighted by atomic mass is 16.5. The van der Waals surface area contributed by atoms with Crippen LogP contribution >= 0.6 is 0 Å². The zero-order valence-corrected chi connectivity index (χ0v) is 11.6. The van der Waals surface area contributed by atoms with Crippen LogP contribution in [0.3, 0.4) is 0 Å². The molecule has 1 N–H and O–H groups in total. The number of methoxy groups -OCH3 is 2. The molecule has 0 spiro atoms. The Balaban J connectivity index is 2.06. The summed E-state index contributed by atoms with van der Waals surface area (Å²) in [6, 6.07) is 13.0. The SMILES string of the molecule is COc1ccc(COc2cccc(CO)c2)cc1OC. The van der Waals surface area contributed by atoms with Gasteiger partial charge in [0, 0.05) is 0 Å². The molecule has 2 aromatic carbocycles. The summed E-state index contributed by atoms with van der Waals surface area (Å²) in [6.07, 6.45) is 0. The highest BCUT2D eigenvalue weighted by Crippen LogP contribution is 2.28. The lowest BCUT2D eigenvalue weighted by molar-refractivity contribution is 0.278. The third kappa shape index (κ3) is 3.42. The molecule has 0 saturated heterocycles. The monoisotopic (exact) mass is 274 g/mol. The fourth-order valence-electron chi connectivity index (χ4n) is 1.87. The topological polar surface area (TPSA) is 47.9 Å². The molecular weight excluding hydrogens is 256 g/mol. The average Bonchev–Trinajstić information content (AvgIpc) is 2.52. The molecule has 0 bridgehead atoms. The van der Waals surface area contributed by atoms with E-state index in [9.17, 15) is 0 Å². The standard InChI is InChI=1S/C16H18O4/c1-18-15-7-6-13(9-16(15)19-2)11-20-14-5-3-4-12(8-14)10-17/h3-9,17H,10-11H2,1-2H3. The predicted molar refractivity (Wildman–Crippen MR) is 76.2 cm³/mol. The first-order valence-electron chi connectivity index (χ1n) is 6.30. The van der Waals surface area contributed by atoms with Crippen LogP contribution in [0, 0.1) is 0 Å². The number of hydrogen-bond acceptors (Lipinski definition) is 4. The maximum atomic E-state index is 9.09. The summed E-state index contributed by atoms with van der Waals surface area (Å²) in [5, 5.41) is 9.09. The molecule has 4 nitrogen and oxygen atoms in total. The molecule has 2 aromatic rings. The molecule has 0 amide bonds. The molecule has 4 heteroatoms. The van der Waals surface area contributed by atoms with E-state index in [0.717, 1.165) is 16.9 Å². The van der Waals surface area contributed by atoms with Crippen molar-refractivity contribution in [3.63, 3.8) is 0 Å². The first kappa shape index (κ1) is 14.2. The Kier molecular flexibility index (Phi) is 4.85. The third-order valence-electron chi connectivity index (χ3n) is 2.93. The molecule has 0 aliphatic heterocycles. The first-order chi connectivity index (χ1) is 9.76. The number of benzene rings is 2. The molecule has 0 atom stereocenters. The summed E-state index contributed by atoms with van der Waals surface area (Å²) in [7, 11) is 3.21. The Hall–Kier alpha value is -2.20. The predicted octanol–water partition coefficient (Wildman–Crippen LogP) is 2.78. The van der Waals surface area contributed by atoms with E-state index in [2.05, 4.69) is 0 Å². The molecule has 0 heterocycles. The van der Waals surface area contributed by atoms with Crippen molar-refractivity contribution < 1.29 is 19.3 Å². The number of ether oxygens (including phenoxy) is 3. The third-order valence-corrected chi connectivity index (χ3v) is 2.93. The van der Waals surface area contributed by atoms with Crippen molar-refractivity contribution >= 4 is 0 Å². The second-order valence-electron chi connectivity index (χ2n) is 4.28. The molecule has 2 rings (SSSR count). The minimum atomic E-state index is 0.00750. The van der Waals surface area contributed by atoms with Crippen LogP contribution in [0.4, 0.5) is 0 Å². The van der Waals surface area contributed by atoms with Gasteiger partial charge in [0.1, 0.15) is 12.4 Å².